The number of carbonyl (C=O) groups is 2. The van der Waals surface area contributed by atoms with Crippen molar-refractivity contribution in [2.45, 2.75) is 17.7 Å². The molecule has 0 radical (unpaired) electrons. The number of carbonyl (C=O) groups excluding carboxylic acids is 1. The lowest BCUT2D eigenvalue weighted by Crippen LogP contribution is -2.30. The standard InChI is InChI=1S/C14H17NO3S/c16-13(15-8-6-11(10-15)14(17)18)7-9-19-12-4-2-1-3-5-12/h1-5,11H,6-10H2,(H,17,18). The van der Waals surface area contributed by atoms with Gasteiger partial charge in [0, 0.05) is 30.2 Å². The highest BCUT2D eigenvalue weighted by molar-refractivity contribution is 7.99. The van der Waals surface area contributed by atoms with Crippen LogP contribution in [-0.2, 0) is 9.59 Å². The molecule has 1 amide bonds. The Morgan fingerprint density at radius 2 is 2.05 bits per heavy atom. The van der Waals surface area contributed by atoms with Crippen molar-refractivity contribution >= 4 is 23.6 Å². The number of carboxylic acid groups (broad SMARTS) is 1. The third kappa shape index (κ3) is 3.99. The molecule has 0 aliphatic carbocycles. The Morgan fingerprint density at radius 1 is 1.32 bits per heavy atom. The van der Waals surface area contributed by atoms with E-state index in [4.69, 9.17) is 5.11 Å². The zero-order valence-electron chi connectivity index (χ0n) is 10.6. The summed E-state index contributed by atoms with van der Waals surface area (Å²) in [5.74, 6) is -0.385. The molecule has 0 aromatic heterocycles. The van der Waals surface area contributed by atoms with Crippen LogP contribution in [0.3, 0.4) is 0 Å². The fourth-order valence-electron chi connectivity index (χ4n) is 2.12. The molecule has 1 aromatic rings. The minimum Gasteiger partial charge on any atom is -0.481 e. The number of benzene rings is 1. The lowest BCUT2D eigenvalue weighted by Gasteiger charge is -2.15. The van der Waals surface area contributed by atoms with E-state index in [2.05, 4.69) is 0 Å². The van der Waals surface area contributed by atoms with Crippen LogP contribution in [0.5, 0.6) is 0 Å². The van der Waals surface area contributed by atoms with E-state index in [0.717, 1.165) is 10.6 Å². The van der Waals surface area contributed by atoms with Crippen LogP contribution in [0.25, 0.3) is 0 Å². The number of carboxylic acids is 1. The molecule has 1 aromatic carbocycles. The molecule has 2 rings (SSSR count). The minimum absolute atomic E-state index is 0.0622. The first-order valence-electron chi connectivity index (χ1n) is 6.35. The molecule has 4 nitrogen and oxygen atoms in total. The van der Waals surface area contributed by atoms with Gasteiger partial charge in [0.1, 0.15) is 0 Å². The van der Waals surface area contributed by atoms with Crippen LogP contribution in [0.1, 0.15) is 12.8 Å². The number of hydrogen-bond donors (Lipinski definition) is 1. The number of likely N-dealkylation sites (tertiary alicyclic amines) is 1. The topological polar surface area (TPSA) is 57.6 Å². The summed E-state index contributed by atoms with van der Waals surface area (Å²) in [6.45, 7) is 0.940. The zero-order chi connectivity index (χ0) is 13.7. The fraction of sp³-hybridized carbons (Fsp3) is 0.429. The summed E-state index contributed by atoms with van der Waals surface area (Å²) in [5.41, 5.74) is 0. The van der Waals surface area contributed by atoms with Gasteiger partial charge in [0.05, 0.1) is 5.92 Å². The zero-order valence-corrected chi connectivity index (χ0v) is 11.4. The number of rotatable bonds is 5. The molecule has 0 bridgehead atoms. The molecule has 1 N–H and O–H groups in total. The van der Waals surface area contributed by atoms with Crippen LogP contribution in [0, 0.1) is 5.92 Å². The average Bonchev–Trinajstić information content (AvgIpc) is 2.89. The second-order valence-corrected chi connectivity index (χ2v) is 5.74. The second kappa shape index (κ2) is 6.61. The van der Waals surface area contributed by atoms with E-state index in [0.29, 0.717) is 25.9 Å². The molecule has 1 atom stereocenters. The van der Waals surface area contributed by atoms with Crippen LogP contribution in [0.2, 0.25) is 0 Å². The van der Waals surface area contributed by atoms with Crippen molar-refractivity contribution in [3.05, 3.63) is 30.3 Å². The predicted octanol–water partition coefficient (Wildman–Crippen LogP) is 2.10. The normalized spacial score (nSPS) is 18.5. The van der Waals surface area contributed by atoms with E-state index in [1.165, 1.54) is 0 Å². The van der Waals surface area contributed by atoms with Crippen LogP contribution in [0.15, 0.2) is 35.2 Å². The number of hydrogen-bond acceptors (Lipinski definition) is 3. The largest absolute Gasteiger partial charge is 0.481 e. The van der Waals surface area contributed by atoms with E-state index < -0.39 is 5.97 Å². The summed E-state index contributed by atoms with van der Waals surface area (Å²) in [6.07, 6.45) is 1.04. The van der Waals surface area contributed by atoms with Gasteiger partial charge in [-0.15, -0.1) is 11.8 Å². The van der Waals surface area contributed by atoms with Crippen LogP contribution < -0.4 is 0 Å². The van der Waals surface area contributed by atoms with Gasteiger partial charge in [-0.2, -0.15) is 0 Å². The third-order valence-electron chi connectivity index (χ3n) is 3.22. The minimum atomic E-state index is -0.797. The fourth-order valence-corrected chi connectivity index (χ4v) is 2.98. The molecule has 5 heteroatoms. The molecule has 19 heavy (non-hydrogen) atoms. The van der Waals surface area contributed by atoms with Gasteiger partial charge in [-0.25, -0.2) is 0 Å². The summed E-state index contributed by atoms with van der Waals surface area (Å²) in [6, 6.07) is 9.95. The van der Waals surface area contributed by atoms with Gasteiger partial charge in [0.2, 0.25) is 5.91 Å². The summed E-state index contributed by atoms with van der Waals surface area (Å²) in [5, 5.41) is 8.90. The Kier molecular flexibility index (Phi) is 4.85. The molecule has 102 valence electrons. The van der Waals surface area contributed by atoms with Gasteiger partial charge in [0.25, 0.3) is 0 Å². The Morgan fingerprint density at radius 3 is 2.68 bits per heavy atom. The van der Waals surface area contributed by atoms with E-state index >= 15 is 0 Å². The van der Waals surface area contributed by atoms with Crippen molar-refractivity contribution in [2.24, 2.45) is 5.92 Å². The monoisotopic (exact) mass is 279 g/mol. The summed E-state index contributed by atoms with van der Waals surface area (Å²) >= 11 is 1.65. The molecule has 1 aliphatic heterocycles. The van der Waals surface area contributed by atoms with Gasteiger partial charge in [-0.3, -0.25) is 9.59 Å². The highest BCUT2D eigenvalue weighted by atomic mass is 32.2. The van der Waals surface area contributed by atoms with E-state index in [9.17, 15) is 9.59 Å². The molecule has 1 heterocycles. The first kappa shape index (κ1) is 13.9. The Labute approximate surface area is 116 Å². The lowest BCUT2D eigenvalue weighted by molar-refractivity contribution is -0.141. The van der Waals surface area contributed by atoms with E-state index in [1.807, 2.05) is 30.3 Å². The summed E-state index contributed by atoms with van der Waals surface area (Å²) in [7, 11) is 0. The quantitative estimate of drug-likeness (QED) is 0.839. The number of thioether (sulfide) groups is 1. The van der Waals surface area contributed by atoms with Gasteiger partial charge in [-0.05, 0) is 18.6 Å². The van der Waals surface area contributed by atoms with Crippen LogP contribution >= 0.6 is 11.8 Å². The van der Waals surface area contributed by atoms with E-state index in [1.54, 1.807) is 16.7 Å². The van der Waals surface area contributed by atoms with Crippen LogP contribution in [-0.4, -0.2) is 40.7 Å². The molecule has 1 saturated heterocycles. The van der Waals surface area contributed by atoms with Gasteiger partial charge >= 0.3 is 5.97 Å². The maximum atomic E-state index is 11.9. The van der Waals surface area contributed by atoms with Crippen molar-refractivity contribution in [3.63, 3.8) is 0 Å². The van der Waals surface area contributed by atoms with Crippen LogP contribution in [0.4, 0.5) is 0 Å². The second-order valence-electron chi connectivity index (χ2n) is 4.58. The molecular formula is C14H17NO3S. The number of nitrogens with zero attached hydrogens (tertiary/aromatic N) is 1. The summed E-state index contributed by atoms with van der Waals surface area (Å²) < 4.78 is 0. The average molecular weight is 279 g/mol. The highest BCUT2D eigenvalue weighted by Gasteiger charge is 2.30. The van der Waals surface area contributed by atoms with E-state index in [-0.39, 0.29) is 11.8 Å². The smallest absolute Gasteiger partial charge is 0.308 e. The van der Waals surface area contributed by atoms with Crippen molar-refractivity contribution in [1.29, 1.82) is 0 Å². The molecular weight excluding hydrogens is 262 g/mol. The molecule has 1 unspecified atom stereocenters. The lowest BCUT2D eigenvalue weighted by atomic mass is 10.1. The van der Waals surface area contributed by atoms with Crippen molar-refractivity contribution in [1.82, 2.24) is 4.90 Å². The SMILES string of the molecule is O=C(O)C1CCN(C(=O)CCSc2ccccc2)C1. The molecule has 1 aliphatic rings. The highest BCUT2D eigenvalue weighted by Crippen LogP contribution is 2.20. The molecule has 0 saturated carbocycles. The summed E-state index contributed by atoms with van der Waals surface area (Å²) in [4.78, 5) is 25.6. The van der Waals surface area contributed by atoms with Gasteiger partial charge < -0.3 is 10.0 Å². The predicted molar refractivity (Wildman–Crippen MR) is 74.1 cm³/mol. The number of amides is 1. The van der Waals surface area contributed by atoms with Crippen molar-refractivity contribution in [2.75, 3.05) is 18.8 Å². The third-order valence-corrected chi connectivity index (χ3v) is 4.23. The Balaban J connectivity index is 1.72. The molecule has 1 fully saturated rings. The van der Waals surface area contributed by atoms with Crippen molar-refractivity contribution in [3.8, 4) is 0 Å². The van der Waals surface area contributed by atoms with Gasteiger partial charge in [-0.1, -0.05) is 18.2 Å². The Bertz CT molecular complexity index is 449. The maximum Gasteiger partial charge on any atom is 0.308 e. The van der Waals surface area contributed by atoms with Gasteiger partial charge in [0.15, 0.2) is 0 Å². The number of aliphatic carboxylic acids is 1. The first-order chi connectivity index (χ1) is 9.16. The molecule has 0 spiro atoms. The van der Waals surface area contributed by atoms with Crippen molar-refractivity contribution < 1.29 is 14.7 Å². The maximum absolute atomic E-state index is 11.9. The Hall–Kier alpha value is -1.49. The first-order valence-corrected chi connectivity index (χ1v) is 7.34.